The second-order valence-corrected chi connectivity index (χ2v) is 9.84. The summed E-state index contributed by atoms with van der Waals surface area (Å²) in [6, 6.07) is 9.10. The second kappa shape index (κ2) is 11.5. The van der Waals surface area contributed by atoms with E-state index in [9.17, 15) is 14.0 Å². The molecule has 0 fully saturated rings. The van der Waals surface area contributed by atoms with Crippen LogP contribution in [0.25, 0.3) is 0 Å². The average Bonchev–Trinajstić information content (AvgIpc) is 3.21. The van der Waals surface area contributed by atoms with Crippen LogP contribution in [-0.4, -0.2) is 32.3 Å². The van der Waals surface area contributed by atoms with Crippen LogP contribution < -0.4 is 10.6 Å². The number of carbonyl (C=O) groups excluding carboxylic acids is 2. The fourth-order valence-electron chi connectivity index (χ4n) is 3.97. The van der Waals surface area contributed by atoms with Gasteiger partial charge in [-0.1, -0.05) is 43.3 Å². The predicted octanol–water partition coefficient (Wildman–Crippen LogP) is 5.22. The van der Waals surface area contributed by atoms with Crippen LogP contribution in [0.1, 0.15) is 59.7 Å². The average molecular weight is 498 g/mol. The first-order chi connectivity index (χ1) is 16.6. The van der Waals surface area contributed by atoms with E-state index in [1.54, 1.807) is 0 Å². The van der Waals surface area contributed by atoms with Gasteiger partial charge >= 0.3 is 0 Å². The van der Waals surface area contributed by atoms with Crippen LogP contribution in [0.4, 0.5) is 10.1 Å². The van der Waals surface area contributed by atoms with E-state index in [1.807, 2.05) is 58.2 Å². The molecule has 0 aliphatic carbocycles. The van der Waals surface area contributed by atoms with Crippen LogP contribution in [0.2, 0.25) is 0 Å². The third-order valence-corrected chi connectivity index (χ3v) is 6.64. The van der Waals surface area contributed by atoms with Crippen LogP contribution in [-0.2, 0) is 11.3 Å². The van der Waals surface area contributed by atoms with Gasteiger partial charge in [0, 0.05) is 17.8 Å². The molecule has 2 aromatic carbocycles. The summed E-state index contributed by atoms with van der Waals surface area (Å²) >= 11 is 1.30. The Balaban J connectivity index is 1.72. The van der Waals surface area contributed by atoms with Crippen LogP contribution in [0.15, 0.2) is 41.6 Å². The Morgan fingerprint density at radius 3 is 2.26 bits per heavy atom. The van der Waals surface area contributed by atoms with E-state index in [1.165, 1.54) is 36.0 Å². The van der Waals surface area contributed by atoms with Gasteiger partial charge in [0.1, 0.15) is 5.82 Å². The zero-order chi connectivity index (χ0) is 25.7. The van der Waals surface area contributed by atoms with Crippen LogP contribution >= 0.6 is 11.8 Å². The van der Waals surface area contributed by atoms with Crippen molar-refractivity contribution < 1.29 is 14.0 Å². The molecular formula is C26H32FN5O2S. The number of hydrogen-bond acceptors (Lipinski definition) is 5. The number of thioether (sulfide) groups is 1. The lowest BCUT2D eigenvalue weighted by Gasteiger charge is -2.22. The Morgan fingerprint density at radius 2 is 1.69 bits per heavy atom. The molecule has 1 atom stereocenters. The number of benzene rings is 2. The maximum Gasteiger partial charge on any atom is 0.251 e. The maximum absolute atomic E-state index is 13.2. The molecule has 1 aromatic heterocycles. The van der Waals surface area contributed by atoms with Gasteiger partial charge in [-0.3, -0.25) is 9.59 Å². The summed E-state index contributed by atoms with van der Waals surface area (Å²) < 4.78 is 15.1. The Bertz CT molecular complexity index is 1180. The molecule has 186 valence electrons. The lowest BCUT2D eigenvalue weighted by molar-refractivity contribution is -0.113. The third-order valence-electron chi connectivity index (χ3n) is 5.67. The number of carbonyl (C=O) groups is 2. The Kier molecular flexibility index (Phi) is 8.67. The van der Waals surface area contributed by atoms with Gasteiger partial charge in [-0.25, -0.2) is 4.39 Å². The molecule has 0 aliphatic rings. The number of aryl methyl sites for hydroxylation is 3. The normalized spacial score (nSPS) is 12.0. The van der Waals surface area contributed by atoms with Gasteiger partial charge in [0.2, 0.25) is 5.91 Å². The molecule has 7 nitrogen and oxygen atoms in total. The number of rotatable bonds is 9. The van der Waals surface area contributed by atoms with E-state index in [4.69, 9.17) is 0 Å². The Labute approximate surface area is 209 Å². The molecule has 1 heterocycles. The van der Waals surface area contributed by atoms with Crippen molar-refractivity contribution in [2.24, 2.45) is 5.92 Å². The van der Waals surface area contributed by atoms with Crippen molar-refractivity contribution in [1.29, 1.82) is 0 Å². The van der Waals surface area contributed by atoms with Crippen LogP contribution in [0, 0.1) is 32.5 Å². The van der Waals surface area contributed by atoms with Gasteiger partial charge < -0.3 is 15.2 Å². The van der Waals surface area contributed by atoms with Crippen molar-refractivity contribution in [1.82, 2.24) is 20.1 Å². The fourth-order valence-corrected chi connectivity index (χ4v) is 4.78. The van der Waals surface area contributed by atoms with Crippen molar-refractivity contribution in [3.63, 3.8) is 0 Å². The lowest BCUT2D eigenvalue weighted by Crippen LogP contribution is -2.33. The minimum absolute atomic E-state index is 0.0301. The topological polar surface area (TPSA) is 88.9 Å². The summed E-state index contributed by atoms with van der Waals surface area (Å²) in [7, 11) is 0. The highest BCUT2D eigenvalue weighted by molar-refractivity contribution is 7.99. The first-order valence-corrected chi connectivity index (χ1v) is 12.6. The van der Waals surface area contributed by atoms with Gasteiger partial charge in [-0.2, -0.15) is 0 Å². The Hall–Kier alpha value is -3.20. The van der Waals surface area contributed by atoms with Crippen LogP contribution in [0.5, 0.6) is 0 Å². The quantitative estimate of drug-likeness (QED) is 0.396. The van der Waals surface area contributed by atoms with Crippen LogP contribution in [0.3, 0.4) is 0 Å². The monoisotopic (exact) mass is 497 g/mol. The molecular weight excluding hydrogens is 465 g/mol. The molecule has 3 aromatic rings. The zero-order valence-corrected chi connectivity index (χ0v) is 21.8. The van der Waals surface area contributed by atoms with Gasteiger partial charge in [-0.15, -0.1) is 10.2 Å². The molecule has 0 aliphatic heterocycles. The van der Waals surface area contributed by atoms with E-state index in [2.05, 4.69) is 20.8 Å². The molecule has 2 amide bonds. The number of anilines is 1. The molecule has 0 radical (unpaired) electrons. The number of nitrogens with one attached hydrogen (secondary N) is 2. The molecule has 35 heavy (non-hydrogen) atoms. The molecule has 9 heteroatoms. The van der Waals surface area contributed by atoms with Crippen molar-refractivity contribution >= 4 is 29.3 Å². The van der Waals surface area contributed by atoms with Gasteiger partial charge in [0.15, 0.2) is 11.0 Å². The van der Waals surface area contributed by atoms with Gasteiger partial charge in [0.05, 0.1) is 11.8 Å². The second-order valence-electron chi connectivity index (χ2n) is 8.90. The molecule has 0 bridgehead atoms. The predicted molar refractivity (Wildman–Crippen MR) is 137 cm³/mol. The minimum atomic E-state index is -0.402. The molecule has 2 N–H and O–H groups in total. The van der Waals surface area contributed by atoms with Gasteiger partial charge in [-0.05, 0) is 69.0 Å². The standard InChI is InChI=1S/C26H32FN5O2S/c1-7-32-24(22(15(2)3)29-25(34)19-8-10-20(27)11-9-19)30-31-26(32)35-14-21(33)28-23-17(5)12-16(4)13-18(23)6/h8-13,15,22H,7,14H2,1-6H3,(H,28,33)(H,29,34)/t22-/m0/s1. The minimum Gasteiger partial charge on any atom is -0.342 e. The third kappa shape index (κ3) is 6.48. The maximum atomic E-state index is 13.2. The molecule has 0 saturated carbocycles. The first kappa shape index (κ1) is 26.4. The highest BCUT2D eigenvalue weighted by Gasteiger charge is 2.26. The summed E-state index contributed by atoms with van der Waals surface area (Å²) in [6.07, 6.45) is 0. The highest BCUT2D eigenvalue weighted by atomic mass is 32.2. The number of aromatic nitrogens is 3. The largest absolute Gasteiger partial charge is 0.342 e. The van der Waals surface area contributed by atoms with E-state index >= 15 is 0 Å². The Morgan fingerprint density at radius 1 is 1.06 bits per heavy atom. The fraction of sp³-hybridized carbons (Fsp3) is 0.385. The highest BCUT2D eigenvalue weighted by Crippen LogP contribution is 2.26. The summed E-state index contributed by atoms with van der Waals surface area (Å²) in [4.78, 5) is 25.4. The van der Waals surface area contributed by atoms with Crippen molar-refractivity contribution in [2.75, 3.05) is 11.1 Å². The SMILES string of the molecule is CCn1c(SCC(=O)Nc2c(C)cc(C)cc2C)nnc1[C@@H](NC(=O)c1ccc(F)cc1)C(C)C. The van der Waals surface area contributed by atoms with Crippen molar-refractivity contribution in [3.05, 3.63) is 70.3 Å². The van der Waals surface area contributed by atoms with Crippen molar-refractivity contribution in [3.8, 4) is 0 Å². The van der Waals surface area contributed by atoms with Crippen molar-refractivity contribution in [2.45, 2.75) is 59.3 Å². The van der Waals surface area contributed by atoms with E-state index < -0.39 is 11.9 Å². The number of nitrogens with zero attached hydrogens (tertiary/aromatic N) is 3. The molecule has 3 rings (SSSR count). The number of hydrogen-bond donors (Lipinski definition) is 2. The number of halogens is 1. The summed E-state index contributed by atoms with van der Waals surface area (Å²) in [5.41, 5.74) is 4.41. The summed E-state index contributed by atoms with van der Waals surface area (Å²) in [6.45, 7) is 12.5. The summed E-state index contributed by atoms with van der Waals surface area (Å²) in [5.74, 6) is -0.00659. The first-order valence-electron chi connectivity index (χ1n) is 11.6. The smallest absolute Gasteiger partial charge is 0.251 e. The molecule has 0 unspecified atom stereocenters. The molecule has 0 spiro atoms. The van der Waals surface area contributed by atoms with E-state index in [-0.39, 0.29) is 23.5 Å². The van der Waals surface area contributed by atoms with E-state index in [0.717, 1.165) is 22.4 Å². The van der Waals surface area contributed by atoms with E-state index in [0.29, 0.717) is 23.1 Å². The molecule has 0 saturated heterocycles. The summed E-state index contributed by atoms with van der Waals surface area (Å²) in [5, 5.41) is 15.3. The number of amides is 2. The van der Waals surface area contributed by atoms with Gasteiger partial charge in [0.25, 0.3) is 5.91 Å². The zero-order valence-electron chi connectivity index (χ0n) is 21.0. The lowest BCUT2D eigenvalue weighted by atomic mass is 10.0.